The Bertz CT molecular complexity index is 645. The van der Waals surface area contributed by atoms with Gasteiger partial charge in [0.15, 0.2) is 5.78 Å². The van der Waals surface area contributed by atoms with E-state index in [0.717, 1.165) is 16.8 Å². The molecule has 0 aliphatic carbocycles. The predicted molar refractivity (Wildman–Crippen MR) is 84.5 cm³/mol. The Hall–Kier alpha value is -2.06. The van der Waals surface area contributed by atoms with Gasteiger partial charge in [0.1, 0.15) is 0 Å². The number of aryl methyl sites for hydroxylation is 1. The van der Waals surface area contributed by atoms with Gasteiger partial charge in [-0.05, 0) is 31.5 Å². The van der Waals surface area contributed by atoms with Crippen molar-refractivity contribution in [2.45, 2.75) is 13.8 Å². The van der Waals surface area contributed by atoms with Crippen LogP contribution in [0.25, 0.3) is 0 Å². The maximum absolute atomic E-state index is 11.9. The first-order valence-electron chi connectivity index (χ1n) is 6.37. The van der Waals surface area contributed by atoms with E-state index in [1.165, 1.54) is 6.08 Å². The highest BCUT2D eigenvalue weighted by molar-refractivity contribution is 6.31. The Balaban J connectivity index is 2.05. The molecule has 2 nitrogen and oxygen atoms in total. The van der Waals surface area contributed by atoms with Gasteiger partial charge in [-0.2, -0.15) is 0 Å². The highest BCUT2D eigenvalue weighted by Gasteiger charge is 2.02. The highest BCUT2D eigenvalue weighted by atomic mass is 35.5. The van der Waals surface area contributed by atoms with Crippen molar-refractivity contribution in [1.29, 1.82) is 0 Å². The maximum atomic E-state index is 11.9. The van der Waals surface area contributed by atoms with Crippen LogP contribution in [0.5, 0.6) is 0 Å². The van der Waals surface area contributed by atoms with Crippen LogP contribution in [-0.2, 0) is 0 Å². The van der Waals surface area contributed by atoms with Gasteiger partial charge in [0.25, 0.3) is 0 Å². The summed E-state index contributed by atoms with van der Waals surface area (Å²) in [7, 11) is 0. The molecule has 0 fully saturated rings. The topological polar surface area (TPSA) is 29.1 Å². The number of rotatable bonds is 4. The zero-order chi connectivity index (χ0) is 14.5. The number of hydrogen-bond acceptors (Lipinski definition) is 2. The van der Waals surface area contributed by atoms with Gasteiger partial charge in [-0.3, -0.25) is 4.79 Å². The molecule has 0 spiro atoms. The molecule has 2 aromatic rings. The fraction of sp³-hybridized carbons (Fsp3) is 0.118. The van der Waals surface area contributed by atoms with Crippen LogP contribution in [0.15, 0.2) is 54.7 Å². The summed E-state index contributed by atoms with van der Waals surface area (Å²) >= 11 is 6.03. The summed E-state index contributed by atoms with van der Waals surface area (Å²) in [4.78, 5) is 11.9. The fourth-order valence-electron chi connectivity index (χ4n) is 1.79. The zero-order valence-electron chi connectivity index (χ0n) is 11.5. The SMILES string of the molecule is Cc1ccc(C(=O)C=CNc2cccc(Cl)c2C)cc1. The van der Waals surface area contributed by atoms with E-state index in [1.807, 2.05) is 56.3 Å². The summed E-state index contributed by atoms with van der Waals surface area (Å²) in [6.45, 7) is 3.92. The van der Waals surface area contributed by atoms with E-state index in [-0.39, 0.29) is 5.78 Å². The first-order chi connectivity index (χ1) is 9.58. The minimum Gasteiger partial charge on any atom is -0.361 e. The van der Waals surface area contributed by atoms with Gasteiger partial charge in [0.05, 0.1) is 0 Å². The number of allylic oxidation sites excluding steroid dienone is 1. The van der Waals surface area contributed by atoms with Crippen LogP contribution in [0.1, 0.15) is 21.5 Å². The van der Waals surface area contributed by atoms with Crippen LogP contribution in [0.4, 0.5) is 5.69 Å². The van der Waals surface area contributed by atoms with Crippen molar-refractivity contribution in [2.75, 3.05) is 5.32 Å². The highest BCUT2D eigenvalue weighted by Crippen LogP contribution is 2.22. The average molecular weight is 286 g/mol. The Morgan fingerprint density at radius 2 is 1.80 bits per heavy atom. The molecule has 0 aromatic heterocycles. The standard InChI is InChI=1S/C17H16ClNO/c1-12-6-8-14(9-7-12)17(20)10-11-19-16-5-3-4-15(18)13(16)2/h3-11,19H,1-2H3. The Kier molecular flexibility index (Phi) is 4.59. The second-order valence-electron chi connectivity index (χ2n) is 4.62. The molecule has 0 atom stereocenters. The van der Waals surface area contributed by atoms with Crippen molar-refractivity contribution in [2.24, 2.45) is 0 Å². The van der Waals surface area contributed by atoms with Gasteiger partial charge in [-0.1, -0.05) is 47.5 Å². The molecule has 0 saturated heterocycles. The monoisotopic (exact) mass is 285 g/mol. The molecule has 0 aliphatic heterocycles. The van der Waals surface area contributed by atoms with E-state index in [0.29, 0.717) is 10.6 Å². The summed E-state index contributed by atoms with van der Waals surface area (Å²) in [6.07, 6.45) is 3.16. The quantitative estimate of drug-likeness (QED) is 0.648. The summed E-state index contributed by atoms with van der Waals surface area (Å²) in [5, 5.41) is 3.78. The van der Waals surface area contributed by atoms with Crippen molar-refractivity contribution >= 4 is 23.1 Å². The van der Waals surface area contributed by atoms with Crippen LogP contribution in [0, 0.1) is 13.8 Å². The molecule has 0 radical (unpaired) electrons. The largest absolute Gasteiger partial charge is 0.361 e. The van der Waals surface area contributed by atoms with Gasteiger partial charge in [-0.15, -0.1) is 0 Å². The third-order valence-corrected chi connectivity index (χ3v) is 3.49. The first kappa shape index (κ1) is 14.4. The van der Waals surface area contributed by atoms with E-state index < -0.39 is 0 Å². The molecule has 0 unspecified atom stereocenters. The Morgan fingerprint density at radius 1 is 1.10 bits per heavy atom. The summed E-state index contributed by atoms with van der Waals surface area (Å²) in [5.74, 6) is -0.0304. The number of anilines is 1. The second kappa shape index (κ2) is 6.40. The number of hydrogen-bond donors (Lipinski definition) is 1. The van der Waals surface area contributed by atoms with Gasteiger partial charge in [0, 0.05) is 28.5 Å². The van der Waals surface area contributed by atoms with Crippen LogP contribution in [0.2, 0.25) is 5.02 Å². The molecule has 102 valence electrons. The average Bonchev–Trinajstić information content (AvgIpc) is 2.44. The number of ketones is 1. The zero-order valence-corrected chi connectivity index (χ0v) is 12.2. The summed E-state index contributed by atoms with van der Waals surface area (Å²) in [5.41, 5.74) is 3.67. The molecule has 0 heterocycles. The second-order valence-corrected chi connectivity index (χ2v) is 5.03. The van der Waals surface area contributed by atoms with Crippen LogP contribution >= 0.6 is 11.6 Å². The molecule has 0 aliphatic rings. The minimum absolute atomic E-state index is 0.0304. The fourth-order valence-corrected chi connectivity index (χ4v) is 1.96. The third-order valence-electron chi connectivity index (χ3n) is 3.08. The molecule has 20 heavy (non-hydrogen) atoms. The molecule has 0 saturated carbocycles. The normalized spacial score (nSPS) is 10.8. The molecule has 0 bridgehead atoms. The van der Waals surface area contributed by atoms with E-state index in [9.17, 15) is 4.79 Å². The molecule has 3 heteroatoms. The van der Waals surface area contributed by atoms with Gasteiger partial charge < -0.3 is 5.32 Å². The number of carbonyl (C=O) groups excluding carboxylic acids is 1. The first-order valence-corrected chi connectivity index (χ1v) is 6.75. The maximum Gasteiger partial charge on any atom is 0.187 e. The van der Waals surface area contributed by atoms with Crippen LogP contribution in [0.3, 0.4) is 0 Å². The lowest BCUT2D eigenvalue weighted by Crippen LogP contribution is -1.97. The van der Waals surface area contributed by atoms with Crippen molar-refractivity contribution in [3.8, 4) is 0 Å². The van der Waals surface area contributed by atoms with Crippen molar-refractivity contribution < 1.29 is 4.79 Å². The number of nitrogens with one attached hydrogen (secondary N) is 1. The van der Waals surface area contributed by atoms with E-state index in [2.05, 4.69) is 5.32 Å². The van der Waals surface area contributed by atoms with Gasteiger partial charge in [-0.25, -0.2) is 0 Å². The minimum atomic E-state index is -0.0304. The summed E-state index contributed by atoms with van der Waals surface area (Å²) in [6, 6.07) is 13.1. The smallest absolute Gasteiger partial charge is 0.187 e. The Labute approximate surface area is 124 Å². The van der Waals surface area contributed by atoms with Crippen molar-refractivity contribution in [1.82, 2.24) is 0 Å². The third kappa shape index (κ3) is 3.49. The van der Waals surface area contributed by atoms with E-state index in [4.69, 9.17) is 11.6 Å². The predicted octanol–water partition coefficient (Wildman–Crippen LogP) is 4.77. The number of carbonyl (C=O) groups is 1. The number of halogens is 1. The lowest BCUT2D eigenvalue weighted by molar-refractivity contribution is 0.104. The molecule has 1 N–H and O–H groups in total. The lowest BCUT2D eigenvalue weighted by Gasteiger charge is -2.06. The van der Waals surface area contributed by atoms with Gasteiger partial charge in [0.2, 0.25) is 0 Å². The lowest BCUT2D eigenvalue weighted by atomic mass is 10.1. The molecular formula is C17H16ClNO. The summed E-state index contributed by atoms with van der Waals surface area (Å²) < 4.78 is 0. The number of benzene rings is 2. The van der Waals surface area contributed by atoms with E-state index in [1.54, 1.807) is 6.20 Å². The van der Waals surface area contributed by atoms with Crippen LogP contribution < -0.4 is 5.32 Å². The van der Waals surface area contributed by atoms with Crippen molar-refractivity contribution in [3.63, 3.8) is 0 Å². The molecule has 0 amide bonds. The van der Waals surface area contributed by atoms with E-state index >= 15 is 0 Å². The van der Waals surface area contributed by atoms with Crippen molar-refractivity contribution in [3.05, 3.63) is 76.5 Å². The Morgan fingerprint density at radius 3 is 2.50 bits per heavy atom. The molecule has 2 rings (SSSR count). The van der Waals surface area contributed by atoms with Crippen LogP contribution in [-0.4, -0.2) is 5.78 Å². The molecular weight excluding hydrogens is 270 g/mol. The molecule has 2 aromatic carbocycles. The van der Waals surface area contributed by atoms with Gasteiger partial charge >= 0.3 is 0 Å².